The summed E-state index contributed by atoms with van der Waals surface area (Å²) in [4.78, 5) is 15.2. The van der Waals surface area contributed by atoms with Crippen molar-refractivity contribution in [3.8, 4) is 5.75 Å². The van der Waals surface area contributed by atoms with Gasteiger partial charge in [0.1, 0.15) is 11.4 Å². The second-order valence-corrected chi connectivity index (χ2v) is 7.74. The van der Waals surface area contributed by atoms with E-state index in [1.165, 1.54) is 0 Å². The Labute approximate surface area is 162 Å². The minimum atomic E-state index is -0.0521. The van der Waals surface area contributed by atoms with Crippen molar-refractivity contribution >= 4 is 33.2 Å². The molecule has 0 unspecified atom stereocenters. The van der Waals surface area contributed by atoms with Gasteiger partial charge in [0.25, 0.3) is 5.91 Å². The van der Waals surface area contributed by atoms with Crippen LogP contribution in [-0.2, 0) is 6.54 Å². The molecule has 0 saturated carbocycles. The minimum Gasteiger partial charge on any atom is -0.497 e. The fourth-order valence-corrected chi connectivity index (χ4v) is 4.03. The highest BCUT2D eigenvalue weighted by Gasteiger charge is 2.27. The van der Waals surface area contributed by atoms with Crippen molar-refractivity contribution in [2.24, 2.45) is 5.10 Å². The van der Waals surface area contributed by atoms with Crippen LogP contribution in [0.4, 0.5) is 0 Å². The third-order valence-electron chi connectivity index (χ3n) is 4.71. The maximum Gasteiger partial charge on any atom is 0.290 e. The van der Waals surface area contributed by atoms with Gasteiger partial charge in [0, 0.05) is 6.54 Å². The number of hydrazone groups is 1. The van der Waals surface area contributed by atoms with Gasteiger partial charge in [0.2, 0.25) is 0 Å². The van der Waals surface area contributed by atoms with Crippen LogP contribution in [0.2, 0.25) is 0 Å². The van der Waals surface area contributed by atoms with Crippen LogP contribution < -0.4 is 4.74 Å². The van der Waals surface area contributed by atoms with Crippen molar-refractivity contribution in [2.45, 2.75) is 6.54 Å². The predicted octanol–water partition coefficient (Wildman–Crippen LogP) is 3.13. The molecule has 1 aliphatic rings. The van der Waals surface area contributed by atoms with E-state index in [1.54, 1.807) is 23.5 Å². The Balaban J connectivity index is 1.79. The number of fused-ring (bicyclic) bond motifs is 3. The average molecular weight is 382 g/mol. The first-order chi connectivity index (χ1) is 13.1. The first-order valence-corrected chi connectivity index (χ1v) is 9.70. The number of aromatic nitrogens is 1. The Morgan fingerprint density at radius 1 is 1.22 bits per heavy atom. The molecule has 7 heteroatoms. The van der Waals surface area contributed by atoms with Crippen LogP contribution in [0.25, 0.3) is 10.2 Å². The maximum atomic E-state index is 13.2. The second-order valence-electron chi connectivity index (χ2n) is 6.79. The number of methoxy groups -OCH3 is 1. The van der Waals surface area contributed by atoms with E-state index in [0.29, 0.717) is 18.8 Å². The summed E-state index contributed by atoms with van der Waals surface area (Å²) in [5.74, 6) is 0.749. The molecule has 6 nitrogen and oxygen atoms in total. The molecule has 3 aromatic rings. The molecular weight excluding hydrogens is 360 g/mol. The third-order valence-corrected chi connectivity index (χ3v) is 5.56. The lowest BCUT2D eigenvalue weighted by Gasteiger charge is -2.19. The van der Waals surface area contributed by atoms with Gasteiger partial charge in [-0.3, -0.25) is 4.79 Å². The van der Waals surface area contributed by atoms with Crippen molar-refractivity contribution in [3.05, 3.63) is 53.0 Å². The number of amides is 1. The molecule has 2 aromatic heterocycles. The highest BCUT2D eigenvalue weighted by atomic mass is 32.1. The molecule has 1 aliphatic heterocycles. The van der Waals surface area contributed by atoms with Crippen molar-refractivity contribution in [1.82, 2.24) is 14.5 Å². The molecule has 0 N–H and O–H groups in total. The van der Waals surface area contributed by atoms with Crippen LogP contribution in [-0.4, -0.2) is 60.4 Å². The highest BCUT2D eigenvalue weighted by Crippen LogP contribution is 2.28. The van der Waals surface area contributed by atoms with Gasteiger partial charge in [-0.15, -0.1) is 11.3 Å². The fourth-order valence-electron chi connectivity index (χ4n) is 3.21. The van der Waals surface area contributed by atoms with Crippen molar-refractivity contribution < 1.29 is 9.53 Å². The lowest BCUT2D eigenvalue weighted by atomic mass is 10.1. The van der Waals surface area contributed by atoms with E-state index in [9.17, 15) is 4.79 Å². The topological polar surface area (TPSA) is 50.1 Å². The van der Waals surface area contributed by atoms with E-state index >= 15 is 0 Å². The van der Waals surface area contributed by atoms with Gasteiger partial charge in [-0.1, -0.05) is 0 Å². The summed E-state index contributed by atoms with van der Waals surface area (Å²) in [6.45, 7) is 1.86. The number of carbonyl (C=O) groups is 1. The molecule has 1 aromatic carbocycles. The quantitative estimate of drug-likeness (QED) is 0.681. The van der Waals surface area contributed by atoms with E-state index in [-0.39, 0.29) is 5.91 Å². The average Bonchev–Trinajstić information content (AvgIpc) is 3.22. The van der Waals surface area contributed by atoms with E-state index in [0.717, 1.165) is 33.8 Å². The Morgan fingerprint density at radius 2 is 2.00 bits per heavy atom. The van der Waals surface area contributed by atoms with E-state index in [2.05, 4.69) is 20.9 Å². The molecule has 0 radical (unpaired) electrons. The molecular formula is C20H22N4O2S. The fraction of sp³-hybridized carbons (Fsp3) is 0.300. The SMILES string of the molecule is COc1ccc(C2=NN(CCN(C)C)C(=O)c3cc4sccc4n3C2)cc1. The smallest absolute Gasteiger partial charge is 0.290 e. The van der Waals surface area contributed by atoms with Gasteiger partial charge in [-0.05, 0) is 61.4 Å². The molecule has 3 heterocycles. The number of likely N-dealkylation sites (N-methyl/N-ethyl adjacent to an activating group) is 1. The minimum absolute atomic E-state index is 0.0521. The summed E-state index contributed by atoms with van der Waals surface area (Å²) < 4.78 is 8.46. The number of carbonyl (C=O) groups excluding carboxylic acids is 1. The van der Waals surface area contributed by atoms with Gasteiger partial charge >= 0.3 is 0 Å². The number of rotatable bonds is 5. The number of thiophene rings is 1. The molecule has 1 amide bonds. The third kappa shape index (κ3) is 3.36. The lowest BCUT2D eigenvalue weighted by Crippen LogP contribution is -2.33. The molecule has 0 bridgehead atoms. The highest BCUT2D eigenvalue weighted by molar-refractivity contribution is 7.17. The number of hydrogen-bond donors (Lipinski definition) is 0. The largest absolute Gasteiger partial charge is 0.497 e. The van der Waals surface area contributed by atoms with Gasteiger partial charge in [0.15, 0.2) is 0 Å². The number of nitrogens with zero attached hydrogens (tertiary/aromatic N) is 4. The van der Waals surface area contributed by atoms with Crippen LogP contribution in [0.15, 0.2) is 46.9 Å². The summed E-state index contributed by atoms with van der Waals surface area (Å²) in [5, 5.41) is 8.40. The van der Waals surface area contributed by atoms with Crippen molar-refractivity contribution in [3.63, 3.8) is 0 Å². The zero-order valence-electron chi connectivity index (χ0n) is 15.7. The van der Waals surface area contributed by atoms with Crippen LogP contribution in [0.5, 0.6) is 5.75 Å². The number of ether oxygens (including phenoxy) is 1. The number of benzene rings is 1. The standard InChI is InChI=1S/C20H22N4O2S/c1-22(2)9-10-24-20(25)18-12-19-17(8-11-27-19)23(18)13-16(21-24)14-4-6-15(26-3)7-5-14/h4-8,11-12H,9-10,13H2,1-3H3. The summed E-state index contributed by atoms with van der Waals surface area (Å²) >= 11 is 1.65. The van der Waals surface area contributed by atoms with Crippen LogP contribution in [0.1, 0.15) is 16.1 Å². The monoisotopic (exact) mass is 382 g/mol. The van der Waals surface area contributed by atoms with Crippen LogP contribution in [0.3, 0.4) is 0 Å². The predicted molar refractivity (Wildman–Crippen MR) is 109 cm³/mol. The zero-order valence-corrected chi connectivity index (χ0v) is 16.5. The van der Waals surface area contributed by atoms with Crippen molar-refractivity contribution in [2.75, 3.05) is 34.3 Å². The normalized spacial score (nSPS) is 14.4. The molecule has 0 spiro atoms. The first kappa shape index (κ1) is 17.8. The summed E-state index contributed by atoms with van der Waals surface area (Å²) in [6.07, 6.45) is 0. The zero-order chi connectivity index (χ0) is 19.0. The van der Waals surface area contributed by atoms with Crippen LogP contribution >= 0.6 is 11.3 Å². The Morgan fingerprint density at radius 3 is 2.70 bits per heavy atom. The van der Waals surface area contributed by atoms with E-state index in [4.69, 9.17) is 9.84 Å². The second kappa shape index (κ2) is 7.17. The molecule has 140 valence electrons. The maximum absolute atomic E-state index is 13.2. The van der Waals surface area contributed by atoms with Gasteiger partial charge in [-0.2, -0.15) is 5.10 Å². The van der Waals surface area contributed by atoms with Crippen molar-refractivity contribution in [1.29, 1.82) is 0 Å². The molecule has 0 atom stereocenters. The lowest BCUT2D eigenvalue weighted by molar-refractivity contribution is 0.0745. The Bertz CT molecular complexity index is 1000. The molecule has 27 heavy (non-hydrogen) atoms. The van der Waals surface area contributed by atoms with Gasteiger partial charge in [-0.25, -0.2) is 5.01 Å². The van der Waals surface area contributed by atoms with Gasteiger partial charge < -0.3 is 14.2 Å². The summed E-state index contributed by atoms with van der Waals surface area (Å²) in [6, 6.07) is 11.9. The summed E-state index contributed by atoms with van der Waals surface area (Å²) in [7, 11) is 5.64. The Kier molecular flexibility index (Phi) is 4.72. The summed E-state index contributed by atoms with van der Waals surface area (Å²) in [5.41, 5.74) is 3.64. The number of hydrogen-bond acceptors (Lipinski definition) is 5. The molecule has 0 fully saturated rings. The molecule has 0 saturated heterocycles. The molecule has 0 aliphatic carbocycles. The van der Waals surface area contributed by atoms with E-state index < -0.39 is 0 Å². The molecule has 4 rings (SSSR count). The van der Waals surface area contributed by atoms with E-state index in [1.807, 2.05) is 44.4 Å². The van der Waals surface area contributed by atoms with Crippen LogP contribution in [0, 0.1) is 0 Å². The van der Waals surface area contributed by atoms with Gasteiger partial charge in [0.05, 0.1) is 36.1 Å². The Hall–Kier alpha value is -2.64. The first-order valence-electron chi connectivity index (χ1n) is 8.82.